The van der Waals surface area contributed by atoms with Crippen molar-refractivity contribution in [2.75, 3.05) is 0 Å². The average Bonchev–Trinajstić information content (AvgIpc) is 3.31. The third-order valence-electron chi connectivity index (χ3n) is 8.97. The van der Waals surface area contributed by atoms with Crippen LogP contribution in [-0.4, -0.2) is 63.9 Å². The Kier molecular flexibility index (Phi) is 2.79. The third-order valence-corrected chi connectivity index (χ3v) is 8.97. The van der Waals surface area contributed by atoms with Crippen LogP contribution in [0.1, 0.15) is 40.5 Å². The fourth-order valence-corrected chi connectivity index (χ4v) is 8.06. The monoisotopic (exact) mass is 408 g/mol. The quantitative estimate of drug-likeness (QED) is 0.408. The molecular weight excluding hydrogens is 384 g/mol. The molecule has 29 heavy (non-hydrogen) atoms. The summed E-state index contributed by atoms with van der Waals surface area (Å²) in [5.74, 6) is -3.52. The molecule has 4 aliphatic heterocycles. The number of hydrogen-bond donors (Lipinski definition) is 2. The van der Waals surface area contributed by atoms with Crippen molar-refractivity contribution in [3.05, 3.63) is 0 Å². The minimum absolute atomic E-state index is 0.0623. The van der Waals surface area contributed by atoms with Crippen LogP contribution in [0.2, 0.25) is 0 Å². The van der Waals surface area contributed by atoms with Gasteiger partial charge in [-0.15, -0.1) is 0 Å². The molecule has 0 aromatic rings. The minimum Gasteiger partial charge on any atom is -0.459 e. The van der Waals surface area contributed by atoms with E-state index in [1.54, 1.807) is 0 Å². The Hall–Kier alpha value is -1.71. The van der Waals surface area contributed by atoms with E-state index in [4.69, 9.17) is 18.9 Å². The Morgan fingerprint density at radius 2 is 1.72 bits per heavy atom. The molecule has 6 fully saturated rings. The van der Waals surface area contributed by atoms with Crippen LogP contribution in [0.25, 0.3) is 0 Å². The Labute approximate surface area is 166 Å². The Morgan fingerprint density at radius 3 is 2.38 bits per heavy atom. The molecule has 0 aromatic carbocycles. The molecular formula is C20H24O9. The van der Waals surface area contributed by atoms with Crippen LogP contribution < -0.4 is 0 Å². The van der Waals surface area contributed by atoms with Crippen molar-refractivity contribution in [3.8, 4) is 0 Å². The van der Waals surface area contributed by atoms with Crippen molar-refractivity contribution in [2.45, 2.75) is 76.3 Å². The van der Waals surface area contributed by atoms with Gasteiger partial charge >= 0.3 is 17.9 Å². The highest BCUT2D eigenvalue weighted by molar-refractivity contribution is 5.93. The Bertz CT molecular complexity index is 893. The molecule has 0 radical (unpaired) electrons. The number of carbonyl (C=O) groups is 3. The third kappa shape index (κ3) is 1.35. The van der Waals surface area contributed by atoms with Crippen molar-refractivity contribution in [3.63, 3.8) is 0 Å². The van der Waals surface area contributed by atoms with Gasteiger partial charge < -0.3 is 29.2 Å². The highest BCUT2D eigenvalue weighted by atomic mass is 16.8. The predicted molar refractivity (Wildman–Crippen MR) is 90.6 cm³/mol. The van der Waals surface area contributed by atoms with Gasteiger partial charge in [-0.25, -0.2) is 9.59 Å². The summed E-state index contributed by atoms with van der Waals surface area (Å²) in [5, 5.41) is 23.0. The van der Waals surface area contributed by atoms with E-state index in [-0.39, 0.29) is 17.8 Å². The summed E-state index contributed by atoms with van der Waals surface area (Å²) in [6.07, 6.45) is -3.96. The van der Waals surface area contributed by atoms with Crippen LogP contribution in [0.3, 0.4) is 0 Å². The highest BCUT2D eigenvalue weighted by Crippen LogP contribution is 2.84. The predicted octanol–water partition coefficient (Wildman–Crippen LogP) is -0.340. The van der Waals surface area contributed by atoms with Crippen LogP contribution in [-0.2, 0) is 33.3 Å². The largest absolute Gasteiger partial charge is 0.459 e. The van der Waals surface area contributed by atoms with Gasteiger partial charge in [0.25, 0.3) is 0 Å². The van der Waals surface area contributed by atoms with Gasteiger partial charge in [0.15, 0.2) is 11.7 Å². The second-order valence-electron chi connectivity index (χ2n) is 10.6. The first-order chi connectivity index (χ1) is 13.4. The number of aliphatic hydroxyl groups excluding tert-OH is 1. The first-order valence-electron chi connectivity index (χ1n) is 10.1. The van der Waals surface area contributed by atoms with Crippen LogP contribution in [0.4, 0.5) is 0 Å². The van der Waals surface area contributed by atoms with E-state index in [2.05, 4.69) is 0 Å². The van der Waals surface area contributed by atoms with Gasteiger partial charge in [0, 0.05) is 6.42 Å². The maximum absolute atomic E-state index is 13.3. The van der Waals surface area contributed by atoms with E-state index in [0.29, 0.717) is 6.42 Å². The van der Waals surface area contributed by atoms with E-state index in [1.165, 1.54) is 6.92 Å². The Morgan fingerprint density at radius 1 is 1.03 bits per heavy atom. The van der Waals surface area contributed by atoms with Crippen molar-refractivity contribution >= 4 is 17.9 Å². The number of aliphatic hydroxyl groups is 2. The van der Waals surface area contributed by atoms with Crippen LogP contribution >= 0.6 is 0 Å². The van der Waals surface area contributed by atoms with Crippen LogP contribution in [0, 0.1) is 28.1 Å². The van der Waals surface area contributed by atoms with E-state index in [1.807, 2.05) is 20.8 Å². The number of esters is 3. The lowest BCUT2D eigenvalue weighted by molar-refractivity contribution is -0.238. The molecule has 6 rings (SSSR count). The molecule has 6 aliphatic rings. The highest BCUT2D eigenvalue weighted by Gasteiger charge is 3.01. The standard InChI is InChI=1S/C20H24O9/c1-7-12(22)26-10-6-17-9-5-8(16(2,3)4)18(17)11(21)13(23)28-15(18)29-20(17,14(24)27-9)19(7,10)25/h7-11,15,21,25H,5-6H2,1-4H3/t7-,8+,9-,10?,11+,15-,17?,18?,19-,20?/m1/s1. The first-order valence-corrected chi connectivity index (χ1v) is 10.1. The SMILES string of the molecule is C[C@@H]1C(=O)OC2CC34[C@H]5C[C@@H](C(C)(C)C)C36[C@H](OC(=O)[C@@H]6O)OC4(C(=O)O5)[C@]21O. The van der Waals surface area contributed by atoms with E-state index < -0.39 is 70.5 Å². The molecule has 158 valence electrons. The maximum atomic E-state index is 13.3. The van der Waals surface area contributed by atoms with Crippen LogP contribution in [0.15, 0.2) is 0 Å². The summed E-state index contributed by atoms with van der Waals surface area (Å²) in [6, 6.07) is 0. The molecule has 2 spiro atoms. The average molecular weight is 408 g/mol. The van der Waals surface area contributed by atoms with Crippen LogP contribution in [0.5, 0.6) is 0 Å². The number of fused-ring (bicyclic) bond motifs is 1. The smallest absolute Gasteiger partial charge is 0.342 e. The summed E-state index contributed by atoms with van der Waals surface area (Å²) >= 11 is 0. The second-order valence-corrected chi connectivity index (χ2v) is 10.6. The fraction of sp³-hybridized carbons (Fsp3) is 0.850. The number of hydrogen-bond acceptors (Lipinski definition) is 9. The van der Waals surface area contributed by atoms with E-state index in [0.717, 1.165) is 0 Å². The topological polar surface area (TPSA) is 129 Å². The summed E-state index contributed by atoms with van der Waals surface area (Å²) in [5.41, 5.74) is -6.81. The van der Waals surface area contributed by atoms with Crippen molar-refractivity contribution in [2.24, 2.45) is 28.1 Å². The fourth-order valence-electron chi connectivity index (χ4n) is 8.06. The van der Waals surface area contributed by atoms with Gasteiger partial charge in [-0.3, -0.25) is 4.79 Å². The number of carbonyl (C=O) groups excluding carboxylic acids is 3. The van der Waals surface area contributed by atoms with E-state index in [9.17, 15) is 24.6 Å². The Balaban J connectivity index is 1.68. The number of ether oxygens (including phenoxy) is 4. The zero-order valence-corrected chi connectivity index (χ0v) is 16.6. The zero-order chi connectivity index (χ0) is 20.9. The summed E-state index contributed by atoms with van der Waals surface area (Å²) < 4.78 is 22.9. The molecule has 10 atom stereocenters. The minimum atomic E-state index is -1.97. The molecule has 4 saturated heterocycles. The van der Waals surface area contributed by atoms with Gasteiger partial charge in [0.05, 0.1) is 16.7 Å². The normalized spacial score (nSPS) is 59.2. The lowest BCUT2D eigenvalue weighted by Gasteiger charge is -2.46. The first kappa shape index (κ1) is 18.1. The van der Waals surface area contributed by atoms with Gasteiger partial charge in [-0.05, 0) is 24.7 Å². The molecule has 2 aliphatic carbocycles. The zero-order valence-electron chi connectivity index (χ0n) is 16.6. The van der Waals surface area contributed by atoms with E-state index >= 15 is 0 Å². The van der Waals surface area contributed by atoms with Gasteiger partial charge in [0.2, 0.25) is 11.9 Å². The van der Waals surface area contributed by atoms with Crippen molar-refractivity contribution in [1.82, 2.24) is 0 Å². The summed E-state index contributed by atoms with van der Waals surface area (Å²) in [7, 11) is 0. The molecule has 0 bridgehead atoms. The second kappa shape index (κ2) is 4.48. The summed E-state index contributed by atoms with van der Waals surface area (Å²) in [6.45, 7) is 7.47. The molecule has 2 saturated carbocycles. The lowest BCUT2D eigenvalue weighted by Crippen LogP contribution is -2.66. The van der Waals surface area contributed by atoms with Gasteiger partial charge in [-0.1, -0.05) is 20.8 Å². The molecule has 0 aromatic heterocycles. The number of rotatable bonds is 0. The molecule has 2 N–H and O–H groups in total. The molecule has 9 nitrogen and oxygen atoms in total. The maximum Gasteiger partial charge on any atom is 0.342 e. The van der Waals surface area contributed by atoms with Crippen molar-refractivity contribution < 1.29 is 43.5 Å². The summed E-state index contributed by atoms with van der Waals surface area (Å²) in [4.78, 5) is 38.1. The molecule has 4 unspecified atom stereocenters. The van der Waals surface area contributed by atoms with Gasteiger partial charge in [0.1, 0.15) is 12.2 Å². The molecule has 4 heterocycles. The molecule has 9 heteroatoms. The van der Waals surface area contributed by atoms with Gasteiger partial charge in [-0.2, -0.15) is 0 Å². The van der Waals surface area contributed by atoms with Crippen molar-refractivity contribution in [1.29, 1.82) is 0 Å². The lowest BCUT2D eigenvalue weighted by atomic mass is 9.51. The molecule has 0 amide bonds.